The molecule has 0 amide bonds. The van der Waals surface area contributed by atoms with Crippen molar-refractivity contribution < 1.29 is 4.52 Å². The van der Waals surface area contributed by atoms with Gasteiger partial charge in [0.15, 0.2) is 0 Å². The Morgan fingerprint density at radius 3 is 2.77 bits per heavy atom. The van der Waals surface area contributed by atoms with Crippen molar-refractivity contribution in [3.63, 3.8) is 0 Å². The Labute approximate surface area is 133 Å². The molecule has 0 radical (unpaired) electrons. The molecule has 2 heterocycles. The van der Waals surface area contributed by atoms with Crippen molar-refractivity contribution in [3.05, 3.63) is 65.3 Å². The first kappa shape index (κ1) is 14.7. The third kappa shape index (κ3) is 3.50. The fourth-order valence-electron chi connectivity index (χ4n) is 2.05. The van der Waals surface area contributed by atoms with Crippen LogP contribution in [0.25, 0.3) is 11.4 Å². The van der Waals surface area contributed by atoms with Gasteiger partial charge in [-0.15, -0.1) is 0 Å². The van der Waals surface area contributed by atoms with E-state index in [-0.39, 0.29) is 6.04 Å². The Balaban J connectivity index is 1.62. The second kappa shape index (κ2) is 6.68. The van der Waals surface area contributed by atoms with E-state index in [4.69, 9.17) is 16.1 Å². The van der Waals surface area contributed by atoms with Crippen molar-refractivity contribution in [2.45, 2.75) is 19.5 Å². The molecule has 0 fully saturated rings. The highest BCUT2D eigenvalue weighted by molar-refractivity contribution is 6.30. The molecule has 1 aromatic carbocycles. The minimum Gasteiger partial charge on any atom is -0.338 e. The topological polar surface area (TPSA) is 63.8 Å². The smallest absolute Gasteiger partial charge is 0.240 e. The molecule has 2 aromatic heterocycles. The van der Waals surface area contributed by atoms with Crippen molar-refractivity contribution in [1.82, 2.24) is 20.4 Å². The van der Waals surface area contributed by atoms with Crippen LogP contribution in [0.2, 0.25) is 5.02 Å². The second-order valence-corrected chi connectivity index (χ2v) is 5.34. The summed E-state index contributed by atoms with van der Waals surface area (Å²) < 4.78 is 5.25. The molecule has 0 aliphatic rings. The molecule has 0 bridgehead atoms. The zero-order valence-electron chi connectivity index (χ0n) is 12.0. The number of hydrogen-bond acceptors (Lipinski definition) is 5. The summed E-state index contributed by atoms with van der Waals surface area (Å²) >= 11 is 5.89. The largest absolute Gasteiger partial charge is 0.338 e. The standard InChI is InChI=1S/C16H15ClN4O/c1-11(12-4-6-14(17)7-5-12)19-10-15-20-16(21-22-15)13-3-2-8-18-9-13/h2-9,11,19H,10H2,1H3. The average molecular weight is 315 g/mol. The quantitative estimate of drug-likeness (QED) is 0.779. The first-order chi connectivity index (χ1) is 10.7. The van der Waals surface area contributed by atoms with Gasteiger partial charge in [-0.25, -0.2) is 0 Å². The van der Waals surface area contributed by atoms with Gasteiger partial charge in [0.1, 0.15) is 0 Å². The highest BCUT2D eigenvalue weighted by Crippen LogP contribution is 2.17. The van der Waals surface area contributed by atoms with Crippen LogP contribution in [0.4, 0.5) is 0 Å². The van der Waals surface area contributed by atoms with Gasteiger partial charge < -0.3 is 9.84 Å². The van der Waals surface area contributed by atoms with Crippen LogP contribution in [0, 0.1) is 0 Å². The van der Waals surface area contributed by atoms with E-state index in [0.717, 1.165) is 16.1 Å². The van der Waals surface area contributed by atoms with E-state index < -0.39 is 0 Å². The molecule has 0 saturated heterocycles. The molecule has 1 atom stereocenters. The van der Waals surface area contributed by atoms with Gasteiger partial charge in [-0.1, -0.05) is 28.9 Å². The normalized spacial score (nSPS) is 12.3. The molecule has 22 heavy (non-hydrogen) atoms. The number of rotatable bonds is 5. The lowest BCUT2D eigenvalue weighted by Crippen LogP contribution is -2.18. The van der Waals surface area contributed by atoms with Crippen molar-refractivity contribution in [2.75, 3.05) is 0 Å². The van der Waals surface area contributed by atoms with Gasteiger partial charge >= 0.3 is 0 Å². The number of nitrogens with one attached hydrogen (secondary N) is 1. The summed E-state index contributed by atoms with van der Waals surface area (Å²) in [6.07, 6.45) is 3.41. The summed E-state index contributed by atoms with van der Waals surface area (Å²) in [4.78, 5) is 8.40. The summed E-state index contributed by atoms with van der Waals surface area (Å²) in [6.45, 7) is 2.57. The Morgan fingerprint density at radius 2 is 2.05 bits per heavy atom. The number of aromatic nitrogens is 3. The Hall–Kier alpha value is -2.24. The molecule has 0 spiro atoms. The predicted octanol–water partition coefficient (Wildman–Crippen LogP) is 3.64. The summed E-state index contributed by atoms with van der Waals surface area (Å²) in [7, 11) is 0. The Morgan fingerprint density at radius 1 is 1.23 bits per heavy atom. The molecule has 6 heteroatoms. The number of benzene rings is 1. The highest BCUT2D eigenvalue weighted by atomic mass is 35.5. The molecular formula is C16H15ClN4O. The lowest BCUT2D eigenvalue weighted by molar-refractivity contribution is 0.360. The molecule has 112 valence electrons. The zero-order valence-corrected chi connectivity index (χ0v) is 12.8. The molecule has 3 aromatic rings. The second-order valence-electron chi connectivity index (χ2n) is 4.91. The Kier molecular flexibility index (Phi) is 4.46. The van der Waals surface area contributed by atoms with E-state index in [1.54, 1.807) is 12.4 Å². The van der Waals surface area contributed by atoms with Crippen LogP contribution in [-0.2, 0) is 6.54 Å². The molecular weight excluding hydrogens is 300 g/mol. The minimum absolute atomic E-state index is 0.158. The van der Waals surface area contributed by atoms with E-state index in [9.17, 15) is 0 Å². The van der Waals surface area contributed by atoms with Crippen LogP contribution >= 0.6 is 11.6 Å². The first-order valence-corrected chi connectivity index (χ1v) is 7.32. The van der Waals surface area contributed by atoms with Crippen LogP contribution in [0.1, 0.15) is 24.4 Å². The van der Waals surface area contributed by atoms with Gasteiger partial charge in [0.25, 0.3) is 0 Å². The molecule has 0 aliphatic carbocycles. The van der Waals surface area contributed by atoms with Crippen LogP contribution < -0.4 is 5.32 Å². The maximum Gasteiger partial charge on any atom is 0.240 e. The molecule has 0 aliphatic heterocycles. The van der Waals surface area contributed by atoms with Crippen molar-refractivity contribution in [3.8, 4) is 11.4 Å². The number of halogens is 1. The SMILES string of the molecule is CC(NCc1nc(-c2cccnc2)no1)c1ccc(Cl)cc1. The van der Waals surface area contributed by atoms with E-state index in [0.29, 0.717) is 18.3 Å². The predicted molar refractivity (Wildman–Crippen MR) is 84.2 cm³/mol. The van der Waals surface area contributed by atoms with Crippen molar-refractivity contribution >= 4 is 11.6 Å². The van der Waals surface area contributed by atoms with E-state index in [1.165, 1.54) is 0 Å². The lowest BCUT2D eigenvalue weighted by Gasteiger charge is -2.12. The molecule has 3 rings (SSSR count). The van der Waals surface area contributed by atoms with E-state index in [2.05, 4.69) is 27.4 Å². The first-order valence-electron chi connectivity index (χ1n) is 6.94. The van der Waals surface area contributed by atoms with Crippen LogP contribution in [0.5, 0.6) is 0 Å². The number of pyridine rings is 1. The van der Waals surface area contributed by atoms with Gasteiger partial charge in [0.2, 0.25) is 11.7 Å². The molecule has 1 N–H and O–H groups in total. The molecule has 1 unspecified atom stereocenters. The fourth-order valence-corrected chi connectivity index (χ4v) is 2.17. The van der Waals surface area contributed by atoms with Gasteiger partial charge in [-0.2, -0.15) is 4.98 Å². The van der Waals surface area contributed by atoms with Gasteiger partial charge in [-0.05, 0) is 36.8 Å². The minimum atomic E-state index is 0.158. The fraction of sp³-hybridized carbons (Fsp3) is 0.188. The van der Waals surface area contributed by atoms with Gasteiger partial charge in [0.05, 0.1) is 6.54 Å². The molecule has 0 saturated carbocycles. The molecule has 5 nitrogen and oxygen atoms in total. The van der Waals surface area contributed by atoms with Crippen LogP contribution in [0.15, 0.2) is 53.3 Å². The summed E-state index contributed by atoms with van der Waals surface area (Å²) in [5, 5.41) is 8.04. The Bertz CT molecular complexity index is 727. The maximum atomic E-state index is 5.89. The van der Waals surface area contributed by atoms with Gasteiger partial charge in [0, 0.05) is 29.0 Å². The summed E-state index contributed by atoms with van der Waals surface area (Å²) in [6, 6.07) is 11.6. The number of hydrogen-bond donors (Lipinski definition) is 1. The van der Waals surface area contributed by atoms with Crippen molar-refractivity contribution in [2.24, 2.45) is 0 Å². The van der Waals surface area contributed by atoms with Crippen LogP contribution in [-0.4, -0.2) is 15.1 Å². The van der Waals surface area contributed by atoms with Crippen LogP contribution in [0.3, 0.4) is 0 Å². The van der Waals surface area contributed by atoms with Crippen molar-refractivity contribution in [1.29, 1.82) is 0 Å². The van der Waals surface area contributed by atoms with E-state index >= 15 is 0 Å². The highest BCUT2D eigenvalue weighted by Gasteiger charge is 2.10. The summed E-state index contributed by atoms with van der Waals surface area (Å²) in [5.41, 5.74) is 1.99. The maximum absolute atomic E-state index is 5.89. The number of nitrogens with zero attached hydrogens (tertiary/aromatic N) is 3. The van der Waals surface area contributed by atoms with E-state index in [1.807, 2.05) is 36.4 Å². The average Bonchev–Trinajstić information content (AvgIpc) is 3.03. The van der Waals surface area contributed by atoms with Gasteiger partial charge in [-0.3, -0.25) is 4.98 Å². The zero-order chi connectivity index (χ0) is 15.4. The summed E-state index contributed by atoms with van der Waals surface area (Å²) in [5.74, 6) is 1.09. The monoisotopic (exact) mass is 314 g/mol. The lowest BCUT2D eigenvalue weighted by atomic mass is 10.1. The third-order valence-corrected chi connectivity index (χ3v) is 3.57. The third-order valence-electron chi connectivity index (χ3n) is 3.32.